The van der Waals surface area contributed by atoms with Crippen LogP contribution in [0.15, 0.2) is 23.9 Å². The van der Waals surface area contributed by atoms with Crippen LogP contribution < -0.4 is 0 Å². The molecule has 2 saturated heterocycles. The van der Waals surface area contributed by atoms with E-state index in [1.54, 1.807) is 0 Å². The van der Waals surface area contributed by atoms with E-state index >= 15 is 0 Å². The van der Waals surface area contributed by atoms with E-state index in [2.05, 4.69) is 23.1 Å². The predicted molar refractivity (Wildman–Crippen MR) is 54.4 cm³/mol. The highest BCUT2D eigenvalue weighted by Crippen LogP contribution is 2.40. The maximum absolute atomic E-state index is 11.7. The Morgan fingerprint density at radius 2 is 2.21 bits per heavy atom. The van der Waals surface area contributed by atoms with E-state index in [9.17, 15) is 4.79 Å². The first kappa shape index (κ1) is 8.27. The normalized spacial score (nSPS) is 35.3. The van der Waals surface area contributed by atoms with Gasteiger partial charge in [0.05, 0.1) is 0 Å². The van der Waals surface area contributed by atoms with Crippen LogP contribution in [0.25, 0.3) is 0 Å². The molecule has 2 heterocycles. The average Bonchev–Trinajstić information content (AvgIpc) is 2.61. The van der Waals surface area contributed by atoms with Crippen molar-refractivity contribution < 1.29 is 4.79 Å². The third kappa shape index (κ3) is 1.06. The number of allylic oxidation sites excluding steroid dienone is 4. The number of amides is 1. The number of piperidine rings is 1. The zero-order valence-corrected chi connectivity index (χ0v) is 8.28. The van der Waals surface area contributed by atoms with Crippen molar-refractivity contribution in [1.29, 1.82) is 0 Å². The smallest absolute Gasteiger partial charge is 0.227 e. The third-order valence-electron chi connectivity index (χ3n) is 3.69. The summed E-state index contributed by atoms with van der Waals surface area (Å²) < 4.78 is 0. The van der Waals surface area contributed by atoms with Crippen molar-refractivity contribution in [3.63, 3.8) is 0 Å². The van der Waals surface area contributed by atoms with Crippen LogP contribution in [0.3, 0.4) is 0 Å². The molecule has 14 heavy (non-hydrogen) atoms. The Labute approximate surface area is 84.3 Å². The molecule has 0 aromatic heterocycles. The molecule has 74 valence electrons. The highest BCUT2D eigenvalue weighted by atomic mass is 16.2. The fraction of sp³-hybridized carbons (Fsp3) is 0.583. The Bertz CT molecular complexity index is 329. The summed E-state index contributed by atoms with van der Waals surface area (Å²) in [5.74, 6) is 0.972. The molecule has 2 heteroatoms. The van der Waals surface area contributed by atoms with Crippen LogP contribution in [0.2, 0.25) is 0 Å². The monoisotopic (exact) mass is 189 g/mol. The first-order valence-corrected chi connectivity index (χ1v) is 5.55. The molecule has 2 unspecified atom stereocenters. The maximum Gasteiger partial charge on any atom is 0.227 e. The molecule has 0 aromatic carbocycles. The lowest BCUT2D eigenvalue weighted by atomic mass is 9.85. The summed E-state index contributed by atoms with van der Waals surface area (Å²) >= 11 is 0. The van der Waals surface area contributed by atoms with E-state index in [-0.39, 0.29) is 0 Å². The lowest BCUT2D eigenvalue weighted by molar-refractivity contribution is -0.128. The summed E-state index contributed by atoms with van der Waals surface area (Å²) in [4.78, 5) is 13.8. The molecule has 2 atom stereocenters. The Kier molecular flexibility index (Phi) is 1.76. The molecule has 1 amide bonds. The van der Waals surface area contributed by atoms with Crippen molar-refractivity contribution in [1.82, 2.24) is 4.90 Å². The molecule has 3 aliphatic rings. The number of fused-ring (bicyclic) bond motifs is 3. The van der Waals surface area contributed by atoms with Gasteiger partial charge in [-0.3, -0.25) is 4.79 Å². The van der Waals surface area contributed by atoms with Gasteiger partial charge in [0.2, 0.25) is 5.91 Å². The van der Waals surface area contributed by atoms with Gasteiger partial charge in [-0.05, 0) is 31.8 Å². The molecule has 0 radical (unpaired) electrons. The second-order valence-corrected chi connectivity index (χ2v) is 4.49. The van der Waals surface area contributed by atoms with Crippen LogP contribution in [0, 0.1) is 5.92 Å². The summed E-state index contributed by atoms with van der Waals surface area (Å²) in [6.45, 7) is 0. The average molecular weight is 189 g/mol. The van der Waals surface area contributed by atoms with E-state index in [0.29, 0.717) is 17.9 Å². The summed E-state index contributed by atoms with van der Waals surface area (Å²) in [7, 11) is 0. The molecule has 2 fully saturated rings. The molecular weight excluding hydrogens is 174 g/mol. The summed E-state index contributed by atoms with van der Waals surface area (Å²) in [6.07, 6.45) is 11.9. The zero-order valence-electron chi connectivity index (χ0n) is 8.28. The van der Waals surface area contributed by atoms with Crippen molar-refractivity contribution in [2.45, 2.75) is 38.1 Å². The maximum atomic E-state index is 11.7. The first-order valence-electron chi connectivity index (χ1n) is 5.55. The Balaban J connectivity index is 1.97. The lowest BCUT2D eigenvalue weighted by Crippen LogP contribution is -2.39. The second kappa shape index (κ2) is 2.97. The van der Waals surface area contributed by atoms with Crippen LogP contribution in [-0.2, 0) is 4.79 Å². The minimum atomic E-state index is 0.348. The van der Waals surface area contributed by atoms with E-state index in [4.69, 9.17) is 0 Å². The van der Waals surface area contributed by atoms with Crippen molar-refractivity contribution in [2.75, 3.05) is 0 Å². The van der Waals surface area contributed by atoms with Gasteiger partial charge in [0.15, 0.2) is 0 Å². The molecule has 0 saturated carbocycles. The number of nitrogens with zero attached hydrogens (tertiary/aromatic N) is 1. The van der Waals surface area contributed by atoms with Gasteiger partial charge in [0.25, 0.3) is 0 Å². The molecule has 0 N–H and O–H groups in total. The number of carbonyl (C=O) groups excluding carboxylic acids is 1. The number of hydrogen-bond acceptors (Lipinski definition) is 1. The standard InChI is InChI=1S/C12H15NO/c14-12-8-7-10-6-5-9-3-1-2-4-11(9)13(10)12/h1-2,4,9-10H,3,5-8H2. The van der Waals surface area contributed by atoms with Crippen molar-refractivity contribution >= 4 is 5.91 Å². The molecule has 0 spiro atoms. The second-order valence-electron chi connectivity index (χ2n) is 4.49. The zero-order chi connectivity index (χ0) is 9.54. The highest BCUT2D eigenvalue weighted by molar-refractivity contribution is 5.81. The minimum absolute atomic E-state index is 0.348. The molecule has 1 aliphatic carbocycles. The van der Waals surface area contributed by atoms with Gasteiger partial charge >= 0.3 is 0 Å². The molecule has 0 bridgehead atoms. The van der Waals surface area contributed by atoms with Gasteiger partial charge in [-0.1, -0.05) is 12.2 Å². The van der Waals surface area contributed by atoms with Crippen LogP contribution in [-0.4, -0.2) is 16.8 Å². The topological polar surface area (TPSA) is 20.3 Å². The van der Waals surface area contributed by atoms with Gasteiger partial charge in [0, 0.05) is 24.1 Å². The Morgan fingerprint density at radius 1 is 1.29 bits per heavy atom. The van der Waals surface area contributed by atoms with Crippen LogP contribution in [0.4, 0.5) is 0 Å². The fourth-order valence-electron chi connectivity index (χ4n) is 2.97. The van der Waals surface area contributed by atoms with Crippen LogP contribution in [0.5, 0.6) is 0 Å². The van der Waals surface area contributed by atoms with Crippen molar-refractivity contribution in [3.05, 3.63) is 23.9 Å². The highest BCUT2D eigenvalue weighted by Gasteiger charge is 2.39. The summed E-state index contributed by atoms with van der Waals surface area (Å²) in [5, 5.41) is 0. The van der Waals surface area contributed by atoms with E-state index < -0.39 is 0 Å². The number of carbonyl (C=O) groups is 1. The Morgan fingerprint density at radius 3 is 3.14 bits per heavy atom. The molecule has 2 aliphatic heterocycles. The molecule has 2 nitrogen and oxygen atoms in total. The molecular formula is C12H15NO. The van der Waals surface area contributed by atoms with Gasteiger partial charge in [-0.2, -0.15) is 0 Å². The Hall–Kier alpha value is -1.05. The van der Waals surface area contributed by atoms with E-state index in [0.717, 1.165) is 19.3 Å². The predicted octanol–water partition coefficient (Wildman–Crippen LogP) is 2.23. The van der Waals surface area contributed by atoms with Crippen molar-refractivity contribution in [3.8, 4) is 0 Å². The molecule has 0 aromatic rings. The lowest BCUT2D eigenvalue weighted by Gasteiger charge is -2.38. The van der Waals surface area contributed by atoms with E-state index in [1.165, 1.54) is 18.5 Å². The minimum Gasteiger partial charge on any atom is -0.313 e. The summed E-state index contributed by atoms with van der Waals surface area (Å²) in [6, 6.07) is 0.525. The quantitative estimate of drug-likeness (QED) is 0.572. The van der Waals surface area contributed by atoms with Gasteiger partial charge < -0.3 is 4.90 Å². The SMILES string of the molecule is O=C1CCC2CCC3CC=CC=C3N12. The van der Waals surface area contributed by atoms with E-state index in [1.807, 2.05) is 0 Å². The third-order valence-corrected chi connectivity index (χ3v) is 3.69. The van der Waals surface area contributed by atoms with Gasteiger partial charge in [-0.25, -0.2) is 0 Å². The van der Waals surface area contributed by atoms with Crippen LogP contribution >= 0.6 is 0 Å². The number of rotatable bonds is 0. The first-order chi connectivity index (χ1) is 6.86. The molecule has 3 rings (SSSR count). The van der Waals surface area contributed by atoms with Crippen molar-refractivity contribution in [2.24, 2.45) is 5.92 Å². The largest absolute Gasteiger partial charge is 0.313 e. The van der Waals surface area contributed by atoms with Gasteiger partial charge in [0.1, 0.15) is 0 Å². The fourth-order valence-corrected chi connectivity index (χ4v) is 2.97. The number of hydrogen-bond donors (Lipinski definition) is 0. The van der Waals surface area contributed by atoms with Crippen LogP contribution in [0.1, 0.15) is 32.1 Å². The summed E-state index contributed by atoms with van der Waals surface area (Å²) in [5.41, 5.74) is 1.30. The van der Waals surface area contributed by atoms with Gasteiger partial charge in [-0.15, -0.1) is 0 Å².